The summed E-state index contributed by atoms with van der Waals surface area (Å²) < 4.78 is 98.4. The number of hydrogen-bond acceptors (Lipinski definition) is 8. The minimum absolute atomic E-state index is 0.0269. The lowest BCUT2D eigenvalue weighted by Crippen LogP contribution is -2.57. The van der Waals surface area contributed by atoms with Crippen molar-refractivity contribution in [3.05, 3.63) is 63.7 Å². The molecule has 1 amide bonds. The van der Waals surface area contributed by atoms with Crippen LogP contribution in [0.15, 0.2) is 18.5 Å². The van der Waals surface area contributed by atoms with Crippen molar-refractivity contribution in [3.63, 3.8) is 0 Å². The van der Waals surface area contributed by atoms with Gasteiger partial charge in [0.25, 0.3) is 5.91 Å². The number of hydrogen-bond donors (Lipinski definition) is 1. The Hall–Kier alpha value is -4.10. The summed E-state index contributed by atoms with van der Waals surface area (Å²) in [6.07, 6.45) is -5.73. The third kappa shape index (κ3) is 6.13. The van der Waals surface area contributed by atoms with Crippen molar-refractivity contribution < 1.29 is 40.6 Å². The van der Waals surface area contributed by atoms with E-state index in [2.05, 4.69) is 21.4 Å². The minimum Gasteiger partial charge on any atom is -0.461 e. The smallest absolute Gasteiger partial charge is 0.417 e. The van der Waals surface area contributed by atoms with Gasteiger partial charge >= 0.3 is 12.2 Å². The molecular formula is C32H35F6N7O3. The average molecular weight is 680 g/mol. The van der Waals surface area contributed by atoms with Crippen LogP contribution in [-0.2, 0) is 28.7 Å². The SMILES string of the molecule is [C-]#[N+]CC1CN(c2nc(OCC34CCCN3CC(F)C4)nc3c2COC(c2c(F)c(N)cc(C)c2C(F)(F)F)C3)CCN1C(=O)C(=C)F. The lowest BCUT2D eigenvalue weighted by molar-refractivity contribution is -0.140. The molecule has 258 valence electrons. The van der Waals surface area contributed by atoms with Crippen molar-refractivity contribution in [2.24, 2.45) is 0 Å². The number of halogens is 6. The molecule has 0 spiro atoms. The average Bonchev–Trinajstić information content (AvgIpc) is 3.55. The normalized spacial score (nSPS) is 25.8. The Morgan fingerprint density at radius 2 is 2.04 bits per heavy atom. The zero-order valence-corrected chi connectivity index (χ0v) is 26.3. The number of piperazine rings is 1. The van der Waals surface area contributed by atoms with E-state index in [1.807, 2.05) is 4.90 Å². The summed E-state index contributed by atoms with van der Waals surface area (Å²) >= 11 is 0. The number of aryl methyl sites for hydroxylation is 1. The molecule has 0 bridgehead atoms. The molecule has 0 saturated carbocycles. The maximum absolute atomic E-state index is 15.4. The van der Waals surface area contributed by atoms with Gasteiger partial charge in [0, 0.05) is 50.1 Å². The molecule has 48 heavy (non-hydrogen) atoms. The molecule has 5 heterocycles. The second-order valence-corrected chi connectivity index (χ2v) is 12.8. The summed E-state index contributed by atoms with van der Waals surface area (Å²) in [7, 11) is 0. The predicted molar refractivity (Wildman–Crippen MR) is 162 cm³/mol. The van der Waals surface area contributed by atoms with E-state index in [1.165, 1.54) is 11.8 Å². The van der Waals surface area contributed by atoms with E-state index in [4.69, 9.17) is 21.8 Å². The molecule has 2 N–H and O–H groups in total. The first kappa shape index (κ1) is 33.8. The monoisotopic (exact) mass is 679 g/mol. The van der Waals surface area contributed by atoms with E-state index < -0.39 is 64.4 Å². The van der Waals surface area contributed by atoms with Gasteiger partial charge in [0.05, 0.1) is 35.2 Å². The second kappa shape index (κ2) is 12.7. The highest BCUT2D eigenvalue weighted by molar-refractivity contribution is 5.91. The maximum Gasteiger partial charge on any atom is 0.417 e. The highest BCUT2D eigenvalue weighted by Gasteiger charge is 2.50. The maximum atomic E-state index is 15.4. The second-order valence-electron chi connectivity index (χ2n) is 12.8. The van der Waals surface area contributed by atoms with Crippen LogP contribution in [0.1, 0.15) is 53.3 Å². The molecule has 0 aliphatic carbocycles. The Morgan fingerprint density at radius 3 is 2.75 bits per heavy atom. The molecule has 4 unspecified atom stereocenters. The summed E-state index contributed by atoms with van der Waals surface area (Å²) in [6, 6.07) is 0.0995. The van der Waals surface area contributed by atoms with E-state index in [-0.39, 0.29) is 69.5 Å². The van der Waals surface area contributed by atoms with E-state index in [9.17, 15) is 26.7 Å². The zero-order chi connectivity index (χ0) is 34.5. The van der Waals surface area contributed by atoms with Crippen LogP contribution in [0.5, 0.6) is 6.01 Å². The first-order valence-corrected chi connectivity index (χ1v) is 15.6. The Morgan fingerprint density at radius 1 is 1.27 bits per heavy atom. The van der Waals surface area contributed by atoms with Crippen LogP contribution in [-0.4, -0.2) is 89.3 Å². The predicted octanol–water partition coefficient (Wildman–Crippen LogP) is 4.71. The number of nitrogens with zero attached hydrogens (tertiary/aromatic N) is 6. The number of anilines is 2. The first-order chi connectivity index (χ1) is 22.7. The van der Waals surface area contributed by atoms with E-state index >= 15 is 4.39 Å². The van der Waals surface area contributed by atoms with Gasteiger partial charge < -0.3 is 29.9 Å². The summed E-state index contributed by atoms with van der Waals surface area (Å²) in [5.74, 6) is -3.01. The van der Waals surface area contributed by atoms with Gasteiger partial charge in [-0.2, -0.15) is 23.1 Å². The first-order valence-electron chi connectivity index (χ1n) is 15.6. The van der Waals surface area contributed by atoms with Gasteiger partial charge in [-0.3, -0.25) is 9.69 Å². The summed E-state index contributed by atoms with van der Waals surface area (Å²) in [5.41, 5.74) is 3.29. The van der Waals surface area contributed by atoms with Crippen LogP contribution in [0.25, 0.3) is 4.85 Å². The van der Waals surface area contributed by atoms with Gasteiger partial charge in [0.1, 0.15) is 24.6 Å². The molecule has 4 aliphatic heterocycles. The van der Waals surface area contributed by atoms with Crippen LogP contribution in [0.4, 0.5) is 37.8 Å². The number of amides is 1. The molecule has 6 rings (SSSR count). The molecule has 3 saturated heterocycles. The fourth-order valence-electron chi connectivity index (χ4n) is 7.65. The number of alkyl halides is 4. The number of ether oxygens (including phenoxy) is 2. The van der Waals surface area contributed by atoms with Crippen molar-refractivity contribution in [1.29, 1.82) is 0 Å². The zero-order valence-electron chi connectivity index (χ0n) is 26.3. The molecule has 4 atom stereocenters. The minimum atomic E-state index is -4.90. The Labute approximate surface area is 273 Å². The molecular weight excluding hydrogens is 644 g/mol. The standard InChI is InChI=1S/C32H35F6N7O3/c1-17-9-22(39)27(35)25(26(17)32(36,37)38)24-10-23-21(15-47-24)28(43-7-8-45(29(46)18(2)33)20(14-43)12-40-3)42-30(41-23)48-16-31-5-4-6-44(31)13-19(34)11-31/h9,19-20,24H,2,4-8,10-16,39H2,1H3. The third-order valence-corrected chi connectivity index (χ3v) is 9.80. The van der Waals surface area contributed by atoms with Crippen LogP contribution in [0, 0.1) is 19.3 Å². The summed E-state index contributed by atoms with van der Waals surface area (Å²) in [4.78, 5) is 30.2. The fourth-order valence-corrected chi connectivity index (χ4v) is 7.65. The van der Waals surface area contributed by atoms with Gasteiger partial charge in [-0.25, -0.2) is 19.7 Å². The van der Waals surface area contributed by atoms with Crippen LogP contribution < -0.4 is 15.4 Å². The van der Waals surface area contributed by atoms with Crippen molar-refractivity contribution in [2.75, 3.05) is 56.5 Å². The number of carbonyl (C=O) groups is 1. The van der Waals surface area contributed by atoms with Crippen LogP contribution >= 0.6 is 0 Å². The Kier molecular flexibility index (Phi) is 8.97. The lowest BCUT2D eigenvalue weighted by Gasteiger charge is -2.41. The highest BCUT2D eigenvalue weighted by Crippen LogP contribution is 2.45. The lowest BCUT2D eigenvalue weighted by atomic mass is 9.91. The van der Waals surface area contributed by atoms with Crippen molar-refractivity contribution >= 4 is 17.4 Å². The Bertz CT molecular complexity index is 1670. The van der Waals surface area contributed by atoms with E-state index in [0.717, 1.165) is 19.0 Å². The quantitative estimate of drug-likeness (QED) is 0.195. The number of aromatic nitrogens is 2. The molecule has 1 aromatic carbocycles. The Balaban J connectivity index is 1.38. The number of nitrogen functional groups attached to an aromatic ring is 1. The fraction of sp³-hybridized carbons (Fsp3) is 0.562. The number of benzene rings is 1. The molecule has 4 aliphatic rings. The van der Waals surface area contributed by atoms with Gasteiger partial charge in [-0.05, 0) is 37.9 Å². The van der Waals surface area contributed by atoms with Crippen molar-refractivity contribution in [2.45, 2.75) is 69.2 Å². The molecule has 16 heteroatoms. The van der Waals surface area contributed by atoms with E-state index in [0.29, 0.717) is 24.3 Å². The highest BCUT2D eigenvalue weighted by atomic mass is 19.4. The molecule has 0 radical (unpaired) electrons. The number of nitrogens with two attached hydrogens (primary N) is 1. The van der Waals surface area contributed by atoms with Gasteiger partial charge in [0.15, 0.2) is 11.6 Å². The third-order valence-electron chi connectivity index (χ3n) is 9.80. The molecule has 2 aromatic rings. The van der Waals surface area contributed by atoms with Gasteiger partial charge in [-0.1, -0.05) is 6.58 Å². The molecule has 3 fully saturated rings. The molecule has 10 nitrogen and oxygen atoms in total. The topological polar surface area (TPSA) is 101 Å². The van der Waals surface area contributed by atoms with Gasteiger partial charge in [-0.15, -0.1) is 0 Å². The van der Waals surface area contributed by atoms with Crippen molar-refractivity contribution in [3.8, 4) is 6.01 Å². The summed E-state index contributed by atoms with van der Waals surface area (Å²) in [5, 5.41) is 0. The number of fused-ring (bicyclic) bond motifs is 2. The number of carbonyl (C=O) groups excluding carboxylic acids is 1. The van der Waals surface area contributed by atoms with Crippen molar-refractivity contribution in [1.82, 2.24) is 19.8 Å². The largest absolute Gasteiger partial charge is 0.461 e. The van der Waals surface area contributed by atoms with Crippen LogP contribution in [0.3, 0.4) is 0 Å². The van der Waals surface area contributed by atoms with Gasteiger partial charge in [0.2, 0.25) is 6.54 Å². The van der Waals surface area contributed by atoms with E-state index in [1.54, 1.807) is 4.90 Å². The number of rotatable bonds is 7. The summed E-state index contributed by atoms with van der Waals surface area (Å²) in [6.45, 7) is 12.6. The van der Waals surface area contributed by atoms with Crippen LogP contribution in [0.2, 0.25) is 0 Å². The molecule has 1 aromatic heterocycles.